The molecule has 2 atom stereocenters. The number of thioether (sulfide) groups is 1. The van der Waals surface area contributed by atoms with E-state index in [1.54, 1.807) is 16.7 Å². The lowest BCUT2D eigenvalue weighted by molar-refractivity contribution is -0.154. The SMILES string of the molecule is CCCOC(=O)[C@H]1CS[C@@H](c2ccccc2Cl)N1C(=O)CCc1ccccc1. The van der Waals surface area contributed by atoms with Crippen molar-refractivity contribution < 1.29 is 14.3 Å². The monoisotopic (exact) mass is 417 g/mol. The molecular formula is C22H24ClNO3S. The van der Waals surface area contributed by atoms with Crippen LogP contribution in [0.2, 0.25) is 5.02 Å². The minimum absolute atomic E-state index is 0.0581. The Balaban J connectivity index is 1.81. The van der Waals surface area contributed by atoms with Gasteiger partial charge in [0, 0.05) is 22.8 Å². The van der Waals surface area contributed by atoms with Crippen LogP contribution < -0.4 is 0 Å². The minimum atomic E-state index is -0.582. The Morgan fingerprint density at radius 2 is 1.86 bits per heavy atom. The predicted molar refractivity (Wildman–Crippen MR) is 113 cm³/mol. The van der Waals surface area contributed by atoms with Crippen molar-refractivity contribution in [2.45, 2.75) is 37.6 Å². The summed E-state index contributed by atoms with van der Waals surface area (Å²) in [5.74, 6) is 0.115. The Hall–Kier alpha value is -1.98. The van der Waals surface area contributed by atoms with Gasteiger partial charge in [0.15, 0.2) is 0 Å². The molecule has 148 valence electrons. The van der Waals surface area contributed by atoms with E-state index in [9.17, 15) is 9.59 Å². The summed E-state index contributed by atoms with van der Waals surface area (Å²) < 4.78 is 5.35. The van der Waals surface area contributed by atoms with Crippen LogP contribution >= 0.6 is 23.4 Å². The Morgan fingerprint density at radius 3 is 2.57 bits per heavy atom. The highest BCUT2D eigenvalue weighted by Crippen LogP contribution is 2.44. The van der Waals surface area contributed by atoms with Crippen molar-refractivity contribution in [2.75, 3.05) is 12.4 Å². The third-order valence-electron chi connectivity index (χ3n) is 4.65. The van der Waals surface area contributed by atoms with E-state index in [2.05, 4.69) is 0 Å². The van der Waals surface area contributed by atoms with Crippen molar-refractivity contribution in [3.05, 3.63) is 70.7 Å². The quantitative estimate of drug-likeness (QED) is 0.603. The molecule has 1 amide bonds. The molecule has 1 heterocycles. The van der Waals surface area contributed by atoms with Gasteiger partial charge in [0.05, 0.1) is 6.61 Å². The predicted octanol–water partition coefficient (Wildman–Crippen LogP) is 4.87. The molecule has 28 heavy (non-hydrogen) atoms. The Bertz CT molecular complexity index is 814. The average Bonchev–Trinajstić information content (AvgIpc) is 3.16. The molecule has 0 saturated carbocycles. The number of halogens is 1. The number of hydrogen-bond donors (Lipinski definition) is 0. The highest BCUT2D eigenvalue weighted by molar-refractivity contribution is 7.99. The fourth-order valence-corrected chi connectivity index (χ4v) is 5.01. The van der Waals surface area contributed by atoms with Gasteiger partial charge in [0.1, 0.15) is 11.4 Å². The van der Waals surface area contributed by atoms with E-state index >= 15 is 0 Å². The first-order valence-electron chi connectivity index (χ1n) is 9.49. The molecule has 1 aliphatic heterocycles. The largest absolute Gasteiger partial charge is 0.464 e. The summed E-state index contributed by atoms with van der Waals surface area (Å²) >= 11 is 7.95. The number of rotatable bonds is 7. The molecular weight excluding hydrogens is 394 g/mol. The summed E-state index contributed by atoms with van der Waals surface area (Å²) in [6, 6.07) is 16.8. The van der Waals surface area contributed by atoms with Crippen LogP contribution in [-0.2, 0) is 20.7 Å². The van der Waals surface area contributed by atoms with E-state index in [4.69, 9.17) is 16.3 Å². The molecule has 0 aromatic heterocycles. The van der Waals surface area contributed by atoms with Crippen molar-refractivity contribution in [3.63, 3.8) is 0 Å². The summed E-state index contributed by atoms with van der Waals surface area (Å²) in [7, 11) is 0. The molecule has 2 aromatic rings. The Kier molecular flexibility index (Phi) is 7.40. The summed E-state index contributed by atoms with van der Waals surface area (Å²) in [5.41, 5.74) is 1.95. The number of nitrogens with zero attached hydrogens (tertiary/aromatic N) is 1. The van der Waals surface area contributed by atoms with E-state index in [0.717, 1.165) is 17.5 Å². The van der Waals surface area contributed by atoms with E-state index in [1.165, 1.54) is 0 Å². The van der Waals surface area contributed by atoms with Crippen molar-refractivity contribution in [1.82, 2.24) is 4.90 Å². The molecule has 1 aliphatic rings. The highest BCUT2D eigenvalue weighted by Gasteiger charge is 2.43. The van der Waals surface area contributed by atoms with Crippen LogP contribution in [0.15, 0.2) is 54.6 Å². The van der Waals surface area contributed by atoms with Gasteiger partial charge in [-0.1, -0.05) is 67.1 Å². The van der Waals surface area contributed by atoms with Crippen LogP contribution in [0, 0.1) is 0 Å². The summed E-state index contributed by atoms with van der Waals surface area (Å²) in [4.78, 5) is 27.4. The zero-order chi connectivity index (χ0) is 19.9. The maximum atomic E-state index is 13.2. The van der Waals surface area contributed by atoms with Crippen LogP contribution in [0.5, 0.6) is 0 Å². The van der Waals surface area contributed by atoms with Crippen LogP contribution in [0.25, 0.3) is 0 Å². The number of hydrogen-bond acceptors (Lipinski definition) is 4. The zero-order valence-electron chi connectivity index (χ0n) is 15.8. The molecule has 0 radical (unpaired) electrons. The second-order valence-electron chi connectivity index (χ2n) is 6.68. The Morgan fingerprint density at radius 1 is 1.14 bits per heavy atom. The smallest absolute Gasteiger partial charge is 0.329 e. The minimum Gasteiger partial charge on any atom is -0.464 e. The van der Waals surface area contributed by atoms with Gasteiger partial charge >= 0.3 is 5.97 Å². The zero-order valence-corrected chi connectivity index (χ0v) is 17.4. The van der Waals surface area contributed by atoms with Crippen LogP contribution in [0.3, 0.4) is 0 Å². The maximum absolute atomic E-state index is 13.2. The molecule has 0 N–H and O–H groups in total. The average molecular weight is 418 g/mol. The fourth-order valence-electron chi connectivity index (χ4n) is 3.23. The number of carbonyl (C=O) groups excluding carboxylic acids is 2. The molecule has 0 aliphatic carbocycles. The van der Waals surface area contributed by atoms with Crippen LogP contribution in [0.1, 0.15) is 36.3 Å². The Labute approximate surface area is 175 Å². The molecule has 2 aromatic carbocycles. The molecule has 0 unspecified atom stereocenters. The fraction of sp³-hybridized carbons (Fsp3) is 0.364. The van der Waals surface area contributed by atoms with Gasteiger partial charge in [-0.3, -0.25) is 4.79 Å². The third-order valence-corrected chi connectivity index (χ3v) is 6.30. The second kappa shape index (κ2) is 9.99. The molecule has 0 spiro atoms. The van der Waals surface area contributed by atoms with Gasteiger partial charge in [-0.25, -0.2) is 4.79 Å². The number of aryl methyl sites for hydroxylation is 1. The highest BCUT2D eigenvalue weighted by atomic mass is 35.5. The van der Waals surface area contributed by atoms with Crippen molar-refractivity contribution in [3.8, 4) is 0 Å². The first kappa shape index (κ1) is 20.7. The van der Waals surface area contributed by atoms with E-state index in [-0.39, 0.29) is 17.3 Å². The first-order valence-corrected chi connectivity index (χ1v) is 10.9. The van der Waals surface area contributed by atoms with Gasteiger partial charge in [-0.2, -0.15) is 0 Å². The summed E-state index contributed by atoms with van der Waals surface area (Å²) in [6.07, 6.45) is 1.72. The molecule has 3 rings (SSSR count). The molecule has 1 saturated heterocycles. The van der Waals surface area contributed by atoms with Crippen LogP contribution in [0.4, 0.5) is 0 Å². The lowest BCUT2D eigenvalue weighted by atomic mass is 10.1. The molecule has 6 heteroatoms. The van der Waals surface area contributed by atoms with Crippen molar-refractivity contribution in [1.29, 1.82) is 0 Å². The number of esters is 1. The number of carbonyl (C=O) groups is 2. The number of benzene rings is 2. The maximum Gasteiger partial charge on any atom is 0.329 e. The van der Waals surface area contributed by atoms with Crippen molar-refractivity contribution >= 4 is 35.2 Å². The van der Waals surface area contributed by atoms with E-state index in [1.807, 2.05) is 61.5 Å². The summed E-state index contributed by atoms with van der Waals surface area (Å²) in [5, 5.41) is 0.319. The van der Waals surface area contributed by atoms with Gasteiger partial charge in [0.2, 0.25) is 5.91 Å². The summed E-state index contributed by atoms with van der Waals surface area (Å²) in [6.45, 7) is 2.31. The first-order chi connectivity index (χ1) is 13.6. The van der Waals surface area contributed by atoms with Gasteiger partial charge in [0.25, 0.3) is 0 Å². The lowest BCUT2D eigenvalue weighted by Crippen LogP contribution is -2.44. The molecule has 1 fully saturated rings. The number of amides is 1. The molecule has 0 bridgehead atoms. The van der Waals surface area contributed by atoms with Crippen LogP contribution in [-0.4, -0.2) is 35.2 Å². The second-order valence-corrected chi connectivity index (χ2v) is 8.20. The van der Waals surface area contributed by atoms with Gasteiger partial charge < -0.3 is 9.64 Å². The van der Waals surface area contributed by atoms with Gasteiger partial charge in [-0.05, 0) is 24.5 Å². The van der Waals surface area contributed by atoms with Gasteiger partial charge in [-0.15, -0.1) is 11.8 Å². The topological polar surface area (TPSA) is 46.6 Å². The van der Waals surface area contributed by atoms with E-state index < -0.39 is 6.04 Å². The van der Waals surface area contributed by atoms with E-state index in [0.29, 0.717) is 30.2 Å². The normalized spacial score (nSPS) is 18.9. The standard InChI is InChI=1S/C22H24ClNO3S/c1-2-14-27-22(26)19-15-28-21(17-10-6-7-11-18(17)23)24(19)20(25)13-12-16-8-4-3-5-9-16/h3-11,19,21H,2,12-15H2,1H3/t19-,21+/m1/s1. The third kappa shape index (κ3) is 4.89. The lowest BCUT2D eigenvalue weighted by Gasteiger charge is -2.29. The number of ether oxygens (including phenoxy) is 1. The van der Waals surface area contributed by atoms with Crippen molar-refractivity contribution in [2.24, 2.45) is 0 Å². The molecule has 4 nitrogen and oxygen atoms in total.